The van der Waals surface area contributed by atoms with Crippen LogP contribution in [0, 0.1) is 32.4 Å². The first kappa shape index (κ1) is 20.9. The summed E-state index contributed by atoms with van der Waals surface area (Å²) in [5, 5.41) is 11.4. The number of ketones is 1. The number of hydrogen-bond acceptors (Lipinski definition) is 5. The summed E-state index contributed by atoms with van der Waals surface area (Å²) in [6.07, 6.45) is 0. The third-order valence-corrected chi connectivity index (χ3v) is 6.17. The van der Waals surface area contributed by atoms with E-state index in [2.05, 4.69) is 4.98 Å². The maximum Gasteiger partial charge on any atom is 0.294 e. The van der Waals surface area contributed by atoms with Gasteiger partial charge in [0.1, 0.15) is 0 Å². The molecule has 0 fully saturated rings. The van der Waals surface area contributed by atoms with E-state index in [1.165, 1.54) is 17.4 Å². The minimum atomic E-state index is -1.14. The summed E-state index contributed by atoms with van der Waals surface area (Å²) >= 11 is 1.17. The molecular weight excluding hydrogens is 422 g/mol. The van der Waals surface area contributed by atoms with Gasteiger partial charge in [0.2, 0.25) is 5.78 Å². The molecule has 1 aromatic heterocycles. The van der Waals surface area contributed by atoms with Crippen molar-refractivity contribution in [2.24, 2.45) is 0 Å². The standard InChI is InChI=1S/C23H18F2N2O3S/c1-11-5-4-6-14(9-11)19-18(20(28)22-12(2)26-13(3)31-22)21(29)23(30)27(19)15-7-8-16(24)17(25)10-15/h4-10,19,29H,1-3H3. The zero-order valence-electron chi connectivity index (χ0n) is 16.9. The third kappa shape index (κ3) is 3.53. The predicted molar refractivity (Wildman–Crippen MR) is 113 cm³/mol. The Morgan fingerprint density at radius 3 is 2.45 bits per heavy atom. The lowest BCUT2D eigenvalue weighted by molar-refractivity contribution is -0.117. The SMILES string of the molecule is Cc1cccc(C2C(C(=O)c3sc(C)nc3C)=C(O)C(=O)N2c2ccc(F)c(F)c2)c1. The number of hydrogen-bond donors (Lipinski definition) is 1. The number of rotatable bonds is 4. The van der Waals surface area contributed by atoms with Crippen molar-refractivity contribution in [1.29, 1.82) is 0 Å². The number of anilines is 1. The first-order chi connectivity index (χ1) is 14.7. The van der Waals surface area contributed by atoms with Crippen LogP contribution in [0.3, 0.4) is 0 Å². The Hall–Kier alpha value is -3.39. The molecule has 1 aliphatic rings. The Morgan fingerprint density at radius 1 is 1.10 bits per heavy atom. The number of aliphatic hydroxyl groups excluding tert-OH is 1. The van der Waals surface area contributed by atoms with Crippen LogP contribution in [0.15, 0.2) is 53.8 Å². The van der Waals surface area contributed by atoms with Gasteiger partial charge < -0.3 is 5.11 Å². The van der Waals surface area contributed by atoms with E-state index in [0.29, 0.717) is 21.1 Å². The Balaban J connectivity index is 1.92. The number of carbonyl (C=O) groups is 2. The molecule has 0 saturated heterocycles. The number of aliphatic hydroxyl groups is 1. The van der Waals surface area contributed by atoms with Gasteiger partial charge in [-0.05, 0) is 38.5 Å². The van der Waals surface area contributed by atoms with E-state index in [9.17, 15) is 23.5 Å². The van der Waals surface area contributed by atoms with Gasteiger partial charge in [-0.1, -0.05) is 29.8 Å². The molecule has 8 heteroatoms. The Kier molecular flexibility index (Phi) is 5.18. The first-order valence-corrected chi connectivity index (χ1v) is 10.3. The average Bonchev–Trinajstić information content (AvgIpc) is 3.19. The number of aromatic nitrogens is 1. The molecule has 1 atom stereocenters. The highest BCUT2D eigenvalue weighted by Crippen LogP contribution is 2.43. The van der Waals surface area contributed by atoms with Crippen molar-refractivity contribution < 1.29 is 23.5 Å². The lowest BCUT2D eigenvalue weighted by Gasteiger charge is -2.27. The van der Waals surface area contributed by atoms with Gasteiger partial charge in [0.25, 0.3) is 5.91 Å². The van der Waals surface area contributed by atoms with Crippen LogP contribution in [0.2, 0.25) is 0 Å². The molecule has 1 unspecified atom stereocenters. The van der Waals surface area contributed by atoms with Gasteiger partial charge in [-0.3, -0.25) is 14.5 Å². The minimum absolute atomic E-state index is 0.0296. The largest absolute Gasteiger partial charge is 0.503 e. The molecule has 0 radical (unpaired) electrons. The molecule has 0 saturated carbocycles. The van der Waals surface area contributed by atoms with Crippen LogP contribution in [-0.4, -0.2) is 21.8 Å². The molecule has 0 spiro atoms. The number of carbonyl (C=O) groups excluding carboxylic acids is 2. The summed E-state index contributed by atoms with van der Waals surface area (Å²) in [6, 6.07) is 9.11. The van der Waals surface area contributed by atoms with Gasteiger partial charge in [0.05, 0.1) is 27.2 Å². The molecule has 2 heterocycles. The monoisotopic (exact) mass is 440 g/mol. The van der Waals surface area contributed by atoms with Gasteiger partial charge in [-0.2, -0.15) is 0 Å². The van der Waals surface area contributed by atoms with Crippen molar-refractivity contribution in [3.63, 3.8) is 0 Å². The number of halogens is 2. The normalized spacial score (nSPS) is 16.4. The van der Waals surface area contributed by atoms with Gasteiger partial charge >= 0.3 is 0 Å². The molecule has 1 aliphatic heterocycles. The van der Waals surface area contributed by atoms with E-state index in [1.54, 1.807) is 32.0 Å². The van der Waals surface area contributed by atoms with Crippen molar-refractivity contribution in [2.45, 2.75) is 26.8 Å². The molecule has 3 aromatic rings. The first-order valence-electron chi connectivity index (χ1n) is 9.46. The van der Waals surface area contributed by atoms with Crippen LogP contribution < -0.4 is 4.90 Å². The Morgan fingerprint density at radius 2 is 1.84 bits per heavy atom. The van der Waals surface area contributed by atoms with Crippen molar-refractivity contribution in [2.75, 3.05) is 4.90 Å². The van der Waals surface area contributed by atoms with E-state index < -0.39 is 35.1 Å². The number of aryl methyl sites for hydroxylation is 3. The molecule has 31 heavy (non-hydrogen) atoms. The summed E-state index contributed by atoms with van der Waals surface area (Å²) in [5.41, 5.74) is 1.84. The molecule has 2 aromatic carbocycles. The van der Waals surface area contributed by atoms with E-state index in [-0.39, 0.29) is 11.3 Å². The van der Waals surface area contributed by atoms with Crippen LogP contribution in [0.25, 0.3) is 0 Å². The molecule has 0 aliphatic carbocycles. The van der Waals surface area contributed by atoms with E-state index in [4.69, 9.17) is 0 Å². The van der Waals surface area contributed by atoms with Crippen LogP contribution in [0.5, 0.6) is 0 Å². The number of thiazole rings is 1. The highest BCUT2D eigenvalue weighted by atomic mass is 32.1. The lowest BCUT2D eigenvalue weighted by Crippen LogP contribution is -2.31. The summed E-state index contributed by atoms with van der Waals surface area (Å²) in [7, 11) is 0. The number of benzene rings is 2. The van der Waals surface area contributed by atoms with Gasteiger partial charge in [-0.25, -0.2) is 13.8 Å². The zero-order valence-corrected chi connectivity index (χ0v) is 17.8. The fourth-order valence-corrected chi connectivity index (χ4v) is 4.63. The number of amides is 1. The topological polar surface area (TPSA) is 70.5 Å². The predicted octanol–water partition coefficient (Wildman–Crippen LogP) is 5.13. The second kappa shape index (κ2) is 7.70. The quantitative estimate of drug-likeness (QED) is 0.571. The number of Topliss-reactive ketones (excluding diaryl/α,β-unsaturated/α-hetero) is 1. The lowest BCUT2D eigenvalue weighted by atomic mass is 9.94. The fraction of sp³-hybridized carbons (Fsp3) is 0.174. The van der Waals surface area contributed by atoms with E-state index in [1.807, 2.05) is 13.0 Å². The van der Waals surface area contributed by atoms with Crippen LogP contribution in [0.1, 0.15) is 37.5 Å². The van der Waals surface area contributed by atoms with E-state index in [0.717, 1.165) is 22.6 Å². The maximum atomic E-state index is 14.0. The molecule has 4 rings (SSSR count). The van der Waals surface area contributed by atoms with Gasteiger partial charge in [-0.15, -0.1) is 11.3 Å². The molecule has 5 nitrogen and oxygen atoms in total. The van der Waals surface area contributed by atoms with Crippen LogP contribution in [-0.2, 0) is 4.79 Å². The van der Waals surface area contributed by atoms with Crippen molar-refractivity contribution in [3.05, 3.63) is 92.1 Å². The summed E-state index contributed by atoms with van der Waals surface area (Å²) in [5.74, 6) is -4.30. The van der Waals surface area contributed by atoms with Crippen molar-refractivity contribution >= 4 is 28.7 Å². The molecular formula is C23H18F2N2O3S. The van der Waals surface area contributed by atoms with Gasteiger partial charge in [0, 0.05) is 11.8 Å². The summed E-state index contributed by atoms with van der Waals surface area (Å²) < 4.78 is 27.5. The van der Waals surface area contributed by atoms with Crippen LogP contribution >= 0.6 is 11.3 Å². The molecule has 158 valence electrons. The molecule has 1 N–H and O–H groups in total. The molecule has 0 bridgehead atoms. The average molecular weight is 440 g/mol. The minimum Gasteiger partial charge on any atom is -0.503 e. The van der Waals surface area contributed by atoms with Gasteiger partial charge in [0.15, 0.2) is 17.4 Å². The van der Waals surface area contributed by atoms with E-state index >= 15 is 0 Å². The Labute approximate surface area is 181 Å². The van der Waals surface area contributed by atoms with Crippen molar-refractivity contribution in [1.82, 2.24) is 4.98 Å². The number of nitrogens with zero attached hydrogens (tertiary/aromatic N) is 2. The summed E-state index contributed by atoms with van der Waals surface area (Å²) in [6.45, 7) is 5.29. The zero-order chi connectivity index (χ0) is 22.4. The smallest absolute Gasteiger partial charge is 0.294 e. The summed E-state index contributed by atoms with van der Waals surface area (Å²) in [4.78, 5) is 32.2. The maximum absolute atomic E-state index is 14.0. The fourth-order valence-electron chi connectivity index (χ4n) is 3.76. The Bertz CT molecular complexity index is 1270. The van der Waals surface area contributed by atoms with Crippen molar-refractivity contribution in [3.8, 4) is 0 Å². The molecule has 1 amide bonds. The third-order valence-electron chi connectivity index (χ3n) is 5.10. The highest BCUT2D eigenvalue weighted by molar-refractivity contribution is 7.14. The van der Waals surface area contributed by atoms with Crippen LogP contribution in [0.4, 0.5) is 14.5 Å². The second-order valence-electron chi connectivity index (χ2n) is 7.33. The second-order valence-corrected chi connectivity index (χ2v) is 8.53. The highest BCUT2D eigenvalue weighted by Gasteiger charge is 2.45.